The summed E-state index contributed by atoms with van der Waals surface area (Å²) < 4.78 is 37.2. The van der Waals surface area contributed by atoms with E-state index in [4.69, 9.17) is 0 Å². The Bertz CT molecular complexity index is 523. The zero-order valence-corrected chi connectivity index (χ0v) is 10.1. The lowest BCUT2D eigenvalue weighted by Crippen LogP contribution is -2.09. The lowest BCUT2D eigenvalue weighted by atomic mass is 10.1. The first-order valence-electron chi connectivity index (χ1n) is 5.66. The van der Waals surface area contributed by atoms with E-state index in [9.17, 15) is 13.2 Å². The molecule has 1 aromatic carbocycles. The first-order chi connectivity index (χ1) is 8.97. The van der Waals surface area contributed by atoms with E-state index in [-0.39, 0.29) is 6.04 Å². The van der Waals surface area contributed by atoms with Gasteiger partial charge < -0.3 is 5.32 Å². The van der Waals surface area contributed by atoms with Crippen LogP contribution in [0.25, 0.3) is 0 Å². The summed E-state index contributed by atoms with van der Waals surface area (Å²) in [5.74, 6) is 0. The van der Waals surface area contributed by atoms with Crippen LogP contribution in [0.1, 0.15) is 24.2 Å². The lowest BCUT2D eigenvalue weighted by Gasteiger charge is -2.15. The monoisotopic (exact) mass is 267 g/mol. The third-order valence-electron chi connectivity index (χ3n) is 2.62. The highest BCUT2D eigenvalue weighted by Crippen LogP contribution is 2.30. The minimum Gasteiger partial charge on any atom is -0.377 e. The summed E-state index contributed by atoms with van der Waals surface area (Å²) in [6, 6.07) is 4.76. The van der Waals surface area contributed by atoms with Crippen molar-refractivity contribution in [2.24, 2.45) is 0 Å². The number of alkyl halides is 3. The first kappa shape index (κ1) is 13.3. The maximum absolute atomic E-state index is 12.4. The number of aromatic nitrogens is 2. The predicted molar refractivity (Wildman–Crippen MR) is 65.5 cm³/mol. The molecule has 0 aliphatic heterocycles. The van der Waals surface area contributed by atoms with Gasteiger partial charge in [-0.2, -0.15) is 13.2 Å². The lowest BCUT2D eigenvalue weighted by molar-refractivity contribution is -0.137. The molecular formula is C13H12F3N3. The van der Waals surface area contributed by atoms with E-state index in [0.717, 1.165) is 17.8 Å². The zero-order chi connectivity index (χ0) is 13.9. The quantitative estimate of drug-likeness (QED) is 0.922. The van der Waals surface area contributed by atoms with E-state index in [0.29, 0.717) is 5.69 Å². The maximum atomic E-state index is 12.4. The van der Waals surface area contributed by atoms with E-state index in [1.165, 1.54) is 12.1 Å². The Balaban J connectivity index is 2.08. The normalized spacial score (nSPS) is 13.1. The van der Waals surface area contributed by atoms with Crippen LogP contribution in [0, 0.1) is 0 Å². The van der Waals surface area contributed by atoms with Gasteiger partial charge in [-0.05, 0) is 31.2 Å². The van der Waals surface area contributed by atoms with Crippen LogP contribution in [0.5, 0.6) is 0 Å². The molecule has 1 N–H and O–H groups in total. The molecule has 0 bridgehead atoms. The van der Waals surface area contributed by atoms with E-state index < -0.39 is 11.7 Å². The van der Waals surface area contributed by atoms with Gasteiger partial charge in [-0.1, -0.05) is 0 Å². The molecule has 3 nitrogen and oxygen atoms in total. The van der Waals surface area contributed by atoms with Crippen molar-refractivity contribution in [2.45, 2.75) is 19.1 Å². The van der Waals surface area contributed by atoms with Crippen molar-refractivity contribution >= 4 is 5.69 Å². The van der Waals surface area contributed by atoms with Crippen LogP contribution >= 0.6 is 0 Å². The molecule has 0 amide bonds. The Hall–Kier alpha value is -2.11. The molecule has 19 heavy (non-hydrogen) atoms. The van der Waals surface area contributed by atoms with Gasteiger partial charge in [0.15, 0.2) is 0 Å². The number of anilines is 1. The fourth-order valence-corrected chi connectivity index (χ4v) is 1.61. The highest BCUT2D eigenvalue weighted by molar-refractivity contribution is 5.46. The molecule has 1 unspecified atom stereocenters. The van der Waals surface area contributed by atoms with Crippen molar-refractivity contribution in [3.05, 3.63) is 54.1 Å². The summed E-state index contributed by atoms with van der Waals surface area (Å²) in [4.78, 5) is 8.07. The Morgan fingerprint density at radius 1 is 1.11 bits per heavy atom. The van der Waals surface area contributed by atoms with Gasteiger partial charge in [-0.25, -0.2) is 0 Å². The molecule has 0 aliphatic rings. The Labute approximate surface area is 108 Å². The fraction of sp³-hybridized carbons (Fsp3) is 0.231. The summed E-state index contributed by atoms with van der Waals surface area (Å²) in [5.41, 5.74) is 0.666. The van der Waals surface area contributed by atoms with Crippen LogP contribution in [0.15, 0.2) is 42.9 Å². The molecule has 2 aromatic rings. The van der Waals surface area contributed by atoms with Crippen molar-refractivity contribution in [1.29, 1.82) is 0 Å². The van der Waals surface area contributed by atoms with Gasteiger partial charge in [0.1, 0.15) is 0 Å². The van der Waals surface area contributed by atoms with Crippen LogP contribution in [-0.4, -0.2) is 9.97 Å². The molecule has 1 aromatic heterocycles. The molecule has 0 saturated carbocycles. The minimum absolute atomic E-state index is 0.134. The van der Waals surface area contributed by atoms with Crippen LogP contribution in [0.4, 0.5) is 18.9 Å². The van der Waals surface area contributed by atoms with Crippen LogP contribution < -0.4 is 5.32 Å². The van der Waals surface area contributed by atoms with Gasteiger partial charge in [-0.3, -0.25) is 9.97 Å². The van der Waals surface area contributed by atoms with Crippen molar-refractivity contribution in [3.63, 3.8) is 0 Å². The number of hydrogen-bond donors (Lipinski definition) is 1. The molecule has 0 spiro atoms. The second kappa shape index (κ2) is 5.26. The van der Waals surface area contributed by atoms with Crippen molar-refractivity contribution in [3.8, 4) is 0 Å². The van der Waals surface area contributed by atoms with Gasteiger partial charge in [-0.15, -0.1) is 0 Å². The van der Waals surface area contributed by atoms with E-state index >= 15 is 0 Å². The molecule has 6 heteroatoms. The van der Waals surface area contributed by atoms with Gasteiger partial charge in [0.25, 0.3) is 0 Å². The number of halogens is 3. The highest BCUT2D eigenvalue weighted by Gasteiger charge is 2.29. The smallest absolute Gasteiger partial charge is 0.377 e. The topological polar surface area (TPSA) is 37.8 Å². The first-order valence-corrected chi connectivity index (χ1v) is 5.66. The third-order valence-corrected chi connectivity index (χ3v) is 2.62. The number of rotatable bonds is 3. The number of nitrogens with zero attached hydrogens (tertiary/aromatic N) is 2. The van der Waals surface area contributed by atoms with Crippen LogP contribution in [0.3, 0.4) is 0 Å². The number of nitrogens with one attached hydrogen (secondary N) is 1. The molecule has 1 atom stereocenters. The molecule has 0 fully saturated rings. The van der Waals surface area contributed by atoms with Crippen molar-refractivity contribution in [2.75, 3.05) is 5.32 Å². The molecular weight excluding hydrogens is 255 g/mol. The number of benzene rings is 1. The highest BCUT2D eigenvalue weighted by atomic mass is 19.4. The average Bonchev–Trinajstić information content (AvgIpc) is 2.39. The summed E-state index contributed by atoms with van der Waals surface area (Å²) in [5, 5.41) is 3.07. The maximum Gasteiger partial charge on any atom is 0.416 e. The summed E-state index contributed by atoms with van der Waals surface area (Å²) in [7, 11) is 0. The standard InChI is InChI=1S/C13H12F3N3/c1-9(12-8-17-6-7-18-12)19-11-4-2-10(3-5-11)13(14,15)16/h2-9,19H,1H3. The second-order valence-electron chi connectivity index (χ2n) is 4.07. The van der Waals surface area contributed by atoms with Gasteiger partial charge >= 0.3 is 6.18 Å². The number of hydrogen-bond acceptors (Lipinski definition) is 3. The van der Waals surface area contributed by atoms with Crippen LogP contribution in [-0.2, 0) is 6.18 Å². The molecule has 100 valence electrons. The fourth-order valence-electron chi connectivity index (χ4n) is 1.61. The van der Waals surface area contributed by atoms with Crippen molar-refractivity contribution in [1.82, 2.24) is 9.97 Å². The molecule has 0 radical (unpaired) electrons. The molecule has 0 saturated heterocycles. The largest absolute Gasteiger partial charge is 0.416 e. The Morgan fingerprint density at radius 3 is 2.32 bits per heavy atom. The average molecular weight is 267 g/mol. The Morgan fingerprint density at radius 2 is 1.79 bits per heavy atom. The van der Waals surface area contributed by atoms with E-state index in [1.54, 1.807) is 18.6 Å². The Kier molecular flexibility index (Phi) is 3.69. The molecule has 1 heterocycles. The zero-order valence-electron chi connectivity index (χ0n) is 10.1. The van der Waals surface area contributed by atoms with Gasteiger partial charge in [0.05, 0.1) is 23.5 Å². The van der Waals surface area contributed by atoms with Gasteiger partial charge in [0.2, 0.25) is 0 Å². The SMILES string of the molecule is CC(Nc1ccc(C(F)(F)F)cc1)c1cnccn1. The summed E-state index contributed by atoms with van der Waals surface area (Å²) in [6.45, 7) is 1.86. The molecule has 2 rings (SSSR count). The summed E-state index contributed by atoms with van der Waals surface area (Å²) >= 11 is 0. The summed E-state index contributed by atoms with van der Waals surface area (Å²) in [6.07, 6.45) is 0.436. The van der Waals surface area contributed by atoms with E-state index in [1.807, 2.05) is 6.92 Å². The van der Waals surface area contributed by atoms with Gasteiger partial charge in [0, 0.05) is 18.1 Å². The predicted octanol–water partition coefficient (Wildman–Crippen LogP) is 3.67. The molecule has 0 aliphatic carbocycles. The van der Waals surface area contributed by atoms with Crippen LogP contribution in [0.2, 0.25) is 0 Å². The second-order valence-corrected chi connectivity index (χ2v) is 4.07. The minimum atomic E-state index is -4.31. The van der Waals surface area contributed by atoms with Crippen molar-refractivity contribution < 1.29 is 13.2 Å². The van der Waals surface area contributed by atoms with E-state index in [2.05, 4.69) is 15.3 Å². The third kappa shape index (κ3) is 3.43.